The Hall–Kier alpha value is -1.92. The Morgan fingerprint density at radius 2 is 2.09 bits per heavy atom. The van der Waals surface area contributed by atoms with Crippen molar-refractivity contribution in [1.29, 1.82) is 0 Å². The molecule has 1 heterocycles. The Bertz CT molecular complexity index is 685. The van der Waals surface area contributed by atoms with Crippen molar-refractivity contribution in [3.05, 3.63) is 41.5 Å². The van der Waals surface area contributed by atoms with Gasteiger partial charge in [0.15, 0.2) is 5.82 Å². The molecular weight excluding hydrogens is 319 g/mol. The number of nitrogens with one attached hydrogen (secondary N) is 1. The third-order valence-electron chi connectivity index (χ3n) is 3.30. The van der Waals surface area contributed by atoms with Gasteiger partial charge in [0.05, 0.1) is 5.69 Å². The first-order valence-electron chi connectivity index (χ1n) is 7.25. The number of hydrogen-bond donors (Lipinski definition) is 2. The summed E-state index contributed by atoms with van der Waals surface area (Å²) >= 11 is 0. The van der Waals surface area contributed by atoms with Crippen molar-refractivity contribution >= 4 is 24.0 Å². The zero-order valence-electron chi connectivity index (χ0n) is 13.5. The Balaban J connectivity index is 0.00000264. The van der Waals surface area contributed by atoms with Crippen molar-refractivity contribution in [3.8, 4) is 5.69 Å². The van der Waals surface area contributed by atoms with E-state index in [1.54, 1.807) is 16.8 Å². The molecule has 1 unspecified atom stereocenters. The minimum atomic E-state index is -0.434. The standard InChI is InChI=1S/C16H21FN4O.ClH/c1-10(18)4-7-16(22)19-13-5-6-15(14(17)9-13)21-12(3)8-11(2)20-21;/h5-6,8-10H,4,7,18H2,1-3H3,(H,19,22);1H. The van der Waals surface area contributed by atoms with Crippen LogP contribution in [0.3, 0.4) is 0 Å². The fourth-order valence-electron chi connectivity index (χ4n) is 2.21. The smallest absolute Gasteiger partial charge is 0.224 e. The SMILES string of the molecule is Cc1cc(C)n(-c2ccc(NC(=O)CCC(C)N)cc2F)n1.Cl. The number of nitrogens with zero attached hydrogens (tertiary/aromatic N) is 2. The highest BCUT2D eigenvalue weighted by Crippen LogP contribution is 2.20. The highest BCUT2D eigenvalue weighted by molar-refractivity contribution is 5.90. The van der Waals surface area contributed by atoms with Crippen molar-refractivity contribution in [3.63, 3.8) is 0 Å². The predicted octanol–water partition coefficient (Wildman–Crippen LogP) is 3.12. The summed E-state index contributed by atoms with van der Waals surface area (Å²) in [6.45, 7) is 5.56. The fourth-order valence-corrected chi connectivity index (χ4v) is 2.21. The van der Waals surface area contributed by atoms with Gasteiger partial charge in [-0.25, -0.2) is 9.07 Å². The molecule has 5 nitrogen and oxygen atoms in total. The molecule has 0 saturated carbocycles. The first-order chi connectivity index (χ1) is 10.4. The molecule has 0 bridgehead atoms. The van der Waals surface area contributed by atoms with Gasteiger partial charge in [0.25, 0.3) is 0 Å². The zero-order valence-corrected chi connectivity index (χ0v) is 14.3. The molecule has 7 heteroatoms. The molecule has 1 atom stereocenters. The van der Waals surface area contributed by atoms with E-state index in [0.717, 1.165) is 11.4 Å². The van der Waals surface area contributed by atoms with Crippen molar-refractivity contribution < 1.29 is 9.18 Å². The lowest BCUT2D eigenvalue weighted by molar-refractivity contribution is -0.116. The van der Waals surface area contributed by atoms with Gasteiger partial charge >= 0.3 is 0 Å². The summed E-state index contributed by atoms with van der Waals surface area (Å²) in [7, 11) is 0. The van der Waals surface area contributed by atoms with Crippen molar-refractivity contribution in [2.75, 3.05) is 5.32 Å². The van der Waals surface area contributed by atoms with Gasteiger partial charge < -0.3 is 11.1 Å². The maximum Gasteiger partial charge on any atom is 0.224 e. The van der Waals surface area contributed by atoms with Gasteiger partial charge in [-0.1, -0.05) is 0 Å². The summed E-state index contributed by atoms with van der Waals surface area (Å²) in [5.41, 5.74) is 8.07. The number of halogens is 2. The van der Waals surface area contributed by atoms with E-state index in [9.17, 15) is 9.18 Å². The molecule has 1 aromatic heterocycles. The molecule has 3 N–H and O–H groups in total. The molecule has 126 valence electrons. The van der Waals surface area contributed by atoms with Crippen molar-refractivity contribution in [2.45, 2.75) is 39.7 Å². The summed E-state index contributed by atoms with van der Waals surface area (Å²) in [5.74, 6) is -0.605. The lowest BCUT2D eigenvalue weighted by Crippen LogP contribution is -2.19. The molecule has 23 heavy (non-hydrogen) atoms. The van der Waals surface area contributed by atoms with Gasteiger partial charge in [-0.3, -0.25) is 4.79 Å². The van der Waals surface area contributed by atoms with Crippen LogP contribution >= 0.6 is 12.4 Å². The number of aromatic nitrogens is 2. The summed E-state index contributed by atoms with van der Waals surface area (Å²) in [4.78, 5) is 11.7. The number of carbonyl (C=O) groups is 1. The van der Waals surface area contributed by atoms with Crippen LogP contribution in [0.25, 0.3) is 5.69 Å². The number of hydrogen-bond acceptors (Lipinski definition) is 3. The van der Waals surface area contributed by atoms with Gasteiger partial charge in [0.1, 0.15) is 5.69 Å². The van der Waals surface area contributed by atoms with Crippen molar-refractivity contribution in [2.24, 2.45) is 5.73 Å². The van der Waals surface area contributed by atoms with Crippen LogP contribution in [0.5, 0.6) is 0 Å². The quantitative estimate of drug-likeness (QED) is 0.878. The van der Waals surface area contributed by atoms with Gasteiger partial charge in [-0.05, 0) is 51.5 Å². The molecule has 1 amide bonds. The predicted molar refractivity (Wildman–Crippen MR) is 91.8 cm³/mol. The Labute approximate surface area is 141 Å². The van der Waals surface area contributed by atoms with Crippen LogP contribution < -0.4 is 11.1 Å². The Morgan fingerprint density at radius 3 is 2.61 bits per heavy atom. The molecule has 0 aliphatic carbocycles. The second kappa shape index (κ2) is 8.08. The molecule has 0 saturated heterocycles. The Morgan fingerprint density at radius 1 is 1.39 bits per heavy atom. The second-order valence-electron chi connectivity index (χ2n) is 5.57. The van der Waals surface area contributed by atoms with Gasteiger partial charge in [-0.2, -0.15) is 5.10 Å². The lowest BCUT2D eigenvalue weighted by Gasteiger charge is -2.10. The van der Waals surface area contributed by atoms with E-state index in [4.69, 9.17) is 5.73 Å². The summed E-state index contributed by atoms with van der Waals surface area (Å²) < 4.78 is 15.8. The first-order valence-corrected chi connectivity index (χ1v) is 7.25. The molecule has 1 aromatic carbocycles. The van der Waals surface area contributed by atoms with Gasteiger partial charge in [-0.15, -0.1) is 12.4 Å². The molecule has 2 aromatic rings. The monoisotopic (exact) mass is 340 g/mol. The van der Waals surface area contributed by atoms with Crippen molar-refractivity contribution in [1.82, 2.24) is 9.78 Å². The summed E-state index contributed by atoms with van der Waals surface area (Å²) in [5, 5.41) is 6.93. The van der Waals surface area contributed by atoms with Crippen LogP contribution in [-0.2, 0) is 4.79 Å². The Kier molecular flexibility index (Phi) is 6.72. The molecule has 0 fully saturated rings. The van der Waals surface area contributed by atoms with Crippen LogP contribution in [0.2, 0.25) is 0 Å². The minimum Gasteiger partial charge on any atom is -0.328 e. The second-order valence-corrected chi connectivity index (χ2v) is 5.57. The maximum atomic E-state index is 14.3. The summed E-state index contributed by atoms with van der Waals surface area (Å²) in [6, 6.07) is 6.42. The van der Waals surface area contributed by atoms with Gasteiger partial charge in [0.2, 0.25) is 5.91 Å². The molecular formula is C16H22ClFN4O. The van der Waals surface area contributed by atoms with E-state index in [2.05, 4.69) is 10.4 Å². The largest absolute Gasteiger partial charge is 0.328 e. The number of nitrogens with two attached hydrogens (primary N) is 1. The van der Waals surface area contributed by atoms with Crippen LogP contribution in [0, 0.1) is 19.7 Å². The first kappa shape index (κ1) is 19.1. The zero-order chi connectivity index (χ0) is 16.3. The molecule has 0 radical (unpaired) electrons. The number of amides is 1. The third-order valence-corrected chi connectivity index (χ3v) is 3.30. The highest BCUT2D eigenvalue weighted by Gasteiger charge is 2.11. The minimum absolute atomic E-state index is 0. The van der Waals surface area contributed by atoms with E-state index in [1.807, 2.05) is 26.8 Å². The van der Waals surface area contributed by atoms with Crippen LogP contribution in [0.1, 0.15) is 31.2 Å². The van der Waals surface area contributed by atoms with E-state index < -0.39 is 5.82 Å². The van der Waals surface area contributed by atoms with Crippen LogP contribution in [-0.4, -0.2) is 21.7 Å². The maximum absolute atomic E-state index is 14.3. The lowest BCUT2D eigenvalue weighted by atomic mass is 10.2. The summed E-state index contributed by atoms with van der Waals surface area (Å²) in [6.07, 6.45) is 0.913. The number of benzene rings is 1. The average Bonchev–Trinajstić information content (AvgIpc) is 2.75. The van der Waals surface area contributed by atoms with E-state index >= 15 is 0 Å². The highest BCUT2D eigenvalue weighted by atomic mass is 35.5. The van der Waals surface area contributed by atoms with Crippen LogP contribution in [0.4, 0.5) is 10.1 Å². The molecule has 2 rings (SSSR count). The number of anilines is 1. The average molecular weight is 341 g/mol. The number of rotatable bonds is 5. The third kappa shape index (κ3) is 5.04. The number of carbonyl (C=O) groups excluding carboxylic acids is 1. The molecule has 0 spiro atoms. The van der Waals surface area contributed by atoms with Gasteiger partial charge in [0, 0.05) is 23.8 Å². The molecule has 0 aliphatic rings. The number of aryl methyl sites for hydroxylation is 2. The fraction of sp³-hybridized carbons (Fsp3) is 0.375. The topological polar surface area (TPSA) is 72.9 Å². The van der Waals surface area contributed by atoms with E-state index in [-0.39, 0.29) is 24.4 Å². The van der Waals surface area contributed by atoms with Crippen LogP contribution in [0.15, 0.2) is 24.3 Å². The normalized spacial score (nSPS) is 11.7. The van der Waals surface area contributed by atoms with E-state index in [1.165, 1.54) is 6.07 Å². The molecule has 0 aliphatic heterocycles. The van der Waals surface area contributed by atoms with E-state index in [0.29, 0.717) is 24.2 Å².